The summed E-state index contributed by atoms with van der Waals surface area (Å²) in [5.41, 5.74) is 13.9. The van der Waals surface area contributed by atoms with Crippen LogP contribution in [0.2, 0.25) is 0 Å². The summed E-state index contributed by atoms with van der Waals surface area (Å²) in [6, 6.07) is 57.9. The van der Waals surface area contributed by atoms with E-state index in [1.54, 1.807) is 0 Å². The largest absolute Gasteiger partial charge is 0.256 e. The predicted octanol–water partition coefficient (Wildman–Crippen LogP) is 13.0. The van der Waals surface area contributed by atoms with Gasteiger partial charge in [-0.3, -0.25) is 4.98 Å². The smallest absolute Gasteiger partial charge is 0.0708 e. The van der Waals surface area contributed by atoms with Crippen molar-refractivity contribution in [3.05, 3.63) is 175 Å². The van der Waals surface area contributed by atoms with Crippen LogP contribution < -0.4 is 0 Å². The number of benzene rings is 8. The zero-order valence-corrected chi connectivity index (χ0v) is 27.5. The molecule has 0 spiro atoms. The first-order chi connectivity index (χ1) is 24.1. The summed E-state index contributed by atoms with van der Waals surface area (Å²) < 4.78 is 0. The third kappa shape index (κ3) is 4.09. The van der Waals surface area contributed by atoms with Gasteiger partial charge in [0.25, 0.3) is 0 Å². The van der Waals surface area contributed by atoms with Crippen LogP contribution in [0, 0.1) is 0 Å². The molecule has 0 amide bonds. The highest BCUT2D eigenvalue weighted by molar-refractivity contribution is 6.28. The maximum atomic E-state index is 5.03. The highest BCUT2D eigenvalue weighted by atomic mass is 14.7. The van der Waals surface area contributed by atoms with Crippen LogP contribution in [-0.2, 0) is 5.41 Å². The zero-order valence-electron chi connectivity index (χ0n) is 27.5. The molecular weight excluding hydrogens is 591 g/mol. The Morgan fingerprint density at radius 1 is 0.408 bits per heavy atom. The van der Waals surface area contributed by atoms with Crippen molar-refractivity contribution in [2.45, 2.75) is 19.3 Å². The van der Waals surface area contributed by atoms with E-state index in [0.29, 0.717) is 0 Å². The molecule has 0 unspecified atom stereocenters. The standard InChI is InChI=1S/C48H33N/c1-48(2)42-20-9-7-15-35(42)36-27-26-33(28-43(36)48)30-22-24-32(25-23-30)45-38-16-5-6-17-39(38)46(37-19-11-13-31-12-3-4-14-34(31)37)47-40-18-8-10-21-44(40)49-29-41(45)47/h3-29H,1-2H3. The van der Waals surface area contributed by atoms with Crippen LogP contribution in [0.25, 0.3) is 87.7 Å². The fraction of sp³-hybridized carbons (Fsp3) is 0.0625. The van der Waals surface area contributed by atoms with Gasteiger partial charge in [-0.05, 0) is 89.3 Å². The van der Waals surface area contributed by atoms with E-state index in [-0.39, 0.29) is 5.41 Å². The molecule has 0 aliphatic heterocycles. The van der Waals surface area contributed by atoms with E-state index in [2.05, 4.69) is 178 Å². The Morgan fingerprint density at radius 2 is 1.00 bits per heavy atom. The predicted molar refractivity (Wildman–Crippen MR) is 208 cm³/mol. The number of hydrogen-bond donors (Lipinski definition) is 0. The number of pyridine rings is 1. The Balaban J connectivity index is 1.20. The molecule has 0 fully saturated rings. The summed E-state index contributed by atoms with van der Waals surface area (Å²) in [6.07, 6.45) is 2.10. The zero-order chi connectivity index (χ0) is 32.7. The monoisotopic (exact) mass is 623 g/mol. The van der Waals surface area contributed by atoms with Gasteiger partial charge in [-0.2, -0.15) is 0 Å². The van der Waals surface area contributed by atoms with Gasteiger partial charge in [0.1, 0.15) is 0 Å². The number of nitrogens with zero attached hydrogens (tertiary/aromatic N) is 1. The van der Waals surface area contributed by atoms with Gasteiger partial charge in [-0.15, -0.1) is 0 Å². The molecular formula is C48H33N. The Kier molecular flexibility index (Phi) is 5.99. The van der Waals surface area contributed by atoms with Gasteiger partial charge in [-0.1, -0.05) is 159 Å². The molecule has 1 aromatic heterocycles. The van der Waals surface area contributed by atoms with Crippen molar-refractivity contribution in [1.29, 1.82) is 0 Å². The number of aromatic nitrogens is 1. The van der Waals surface area contributed by atoms with E-state index < -0.39 is 0 Å². The van der Waals surface area contributed by atoms with E-state index >= 15 is 0 Å². The van der Waals surface area contributed by atoms with Gasteiger partial charge in [0.15, 0.2) is 0 Å². The molecule has 0 atom stereocenters. The van der Waals surface area contributed by atoms with Crippen LogP contribution in [0.3, 0.4) is 0 Å². The van der Waals surface area contributed by atoms with Crippen LogP contribution in [0.15, 0.2) is 164 Å². The fourth-order valence-corrected chi connectivity index (χ4v) is 8.55. The molecule has 0 N–H and O–H groups in total. The summed E-state index contributed by atoms with van der Waals surface area (Å²) in [7, 11) is 0. The summed E-state index contributed by atoms with van der Waals surface area (Å²) in [4.78, 5) is 5.03. The highest BCUT2D eigenvalue weighted by Gasteiger charge is 2.35. The van der Waals surface area contributed by atoms with Crippen molar-refractivity contribution < 1.29 is 0 Å². The third-order valence-electron chi connectivity index (χ3n) is 10.9. The van der Waals surface area contributed by atoms with E-state index in [1.807, 2.05) is 0 Å². The van der Waals surface area contributed by atoms with Crippen molar-refractivity contribution in [1.82, 2.24) is 4.98 Å². The first kappa shape index (κ1) is 28.0. The molecule has 49 heavy (non-hydrogen) atoms. The minimum atomic E-state index is -0.0265. The molecule has 1 heteroatoms. The van der Waals surface area contributed by atoms with Gasteiger partial charge in [0, 0.05) is 27.8 Å². The van der Waals surface area contributed by atoms with Crippen molar-refractivity contribution in [3.8, 4) is 44.5 Å². The molecule has 230 valence electrons. The molecule has 0 bridgehead atoms. The normalized spacial score (nSPS) is 13.3. The third-order valence-corrected chi connectivity index (χ3v) is 10.9. The lowest BCUT2D eigenvalue weighted by Gasteiger charge is -2.22. The summed E-state index contributed by atoms with van der Waals surface area (Å²) in [5, 5.41) is 8.59. The number of rotatable bonds is 3. The van der Waals surface area contributed by atoms with Crippen molar-refractivity contribution >= 4 is 43.2 Å². The van der Waals surface area contributed by atoms with Gasteiger partial charge >= 0.3 is 0 Å². The highest BCUT2D eigenvalue weighted by Crippen LogP contribution is 2.50. The fourth-order valence-electron chi connectivity index (χ4n) is 8.55. The number of para-hydroxylation sites is 1. The molecule has 1 nitrogen and oxygen atoms in total. The molecule has 0 saturated carbocycles. The molecule has 1 aliphatic rings. The van der Waals surface area contributed by atoms with E-state index in [0.717, 1.165) is 5.52 Å². The topological polar surface area (TPSA) is 12.9 Å². The maximum Gasteiger partial charge on any atom is 0.0708 e. The SMILES string of the molecule is CC1(C)c2ccccc2-c2ccc(-c3ccc(-c4c5ccccc5c(-c5cccc6ccccc56)c5c4cnc4ccccc45)cc3)cc21. The van der Waals surface area contributed by atoms with Crippen molar-refractivity contribution in [2.24, 2.45) is 0 Å². The Hall–Kier alpha value is -6.05. The van der Waals surface area contributed by atoms with Crippen LogP contribution in [-0.4, -0.2) is 4.98 Å². The Morgan fingerprint density at radius 3 is 1.84 bits per heavy atom. The van der Waals surface area contributed by atoms with Gasteiger partial charge < -0.3 is 0 Å². The molecule has 0 saturated heterocycles. The maximum absolute atomic E-state index is 5.03. The van der Waals surface area contributed by atoms with Crippen molar-refractivity contribution in [3.63, 3.8) is 0 Å². The van der Waals surface area contributed by atoms with Gasteiger partial charge in [0.05, 0.1) is 5.52 Å². The average Bonchev–Trinajstić information content (AvgIpc) is 3.39. The summed E-state index contributed by atoms with van der Waals surface area (Å²) in [5.74, 6) is 0. The van der Waals surface area contributed by atoms with Gasteiger partial charge in [0.2, 0.25) is 0 Å². The summed E-state index contributed by atoms with van der Waals surface area (Å²) in [6.45, 7) is 4.70. The molecule has 1 heterocycles. The lowest BCUT2D eigenvalue weighted by molar-refractivity contribution is 0.660. The van der Waals surface area contributed by atoms with Crippen LogP contribution in [0.1, 0.15) is 25.0 Å². The minimum absolute atomic E-state index is 0.0265. The molecule has 10 rings (SSSR count). The van der Waals surface area contributed by atoms with Crippen molar-refractivity contribution in [2.75, 3.05) is 0 Å². The number of fused-ring (bicyclic) bond motifs is 8. The number of hydrogen-bond acceptors (Lipinski definition) is 1. The second-order valence-corrected chi connectivity index (χ2v) is 13.9. The molecule has 8 aromatic carbocycles. The summed E-state index contributed by atoms with van der Waals surface area (Å²) >= 11 is 0. The lowest BCUT2D eigenvalue weighted by Crippen LogP contribution is -2.14. The lowest BCUT2D eigenvalue weighted by atomic mass is 9.81. The van der Waals surface area contributed by atoms with Crippen LogP contribution in [0.4, 0.5) is 0 Å². The van der Waals surface area contributed by atoms with E-state index in [1.165, 1.54) is 93.3 Å². The second-order valence-electron chi connectivity index (χ2n) is 13.9. The second kappa shape index (κ2) is 10.5. The first-order valence-corrected chi connectivity index (χ1v) is 17.1. The Bertz CT molecular complexity index is 2780. The quantitative estimate of drug-likeness (QED) is 0.141. The first-order valence-electron chi connectivity index (χ1n) is 17.1. The average molecular weight is 624 g/mol. The molecule has 1 aliphatic carbocycles. The van der Waals surface area contributed by atoms with Gasteiger partial charge in [-0.25, -0.2) is 0 Å². The molecule has 9 aromatic rings. The van der Waals surface area contributed by atoms with Crippen LogP contribution in [0.5, 0.6) is 0 Å². The van der Waals surface area contributed by atoms with E-state index in [9.17, 15) is 0 Å². The Labute approximate surface area is 286 Å². The van der Waals surface area contributed by atoms with Crippen LogP contribution >= 0.6 is 0 Å². The van der Waals surface area contributed by atoms with E-state index in [4.69, 9.17) is 4.98 Å². The minimum Gasteiger partial charge on any atom is -0.256 e. The molecule has 0 radical (unpaired) electrons.